The van der Waals surface area contributed by atoms with Crippen LogP contribution >= 0.6 is 11.8 Å². The summed E-state index contributed by atoms with van der Waals surface area (Å²) < 4.78 is 0. The van der Waals surface area contributed by atoms with Gasteiger partial charge in [0.1, 0.15) is 5.75 Å². The lowest BCUT2D eigenvalue weighted by Gasteiger charge is -2.18. The second-order valence-electron chi connectivity index (χ2n) is 5.86. The van der Waals surface area contributed by atoms with E-state index >= 15 is 0 Å². The molecular weight excluding hydrogens is 278 g/mol. The number of hydrogen-bond acceptors (Lipinski definition) is 3. The van der Waals surface area contributed by atoms with E-state index in [2.05, 4.69) is 37.2 Å². The van der Waals surface area contributed by atoms with Crippen LogP contribution in [0.25, 0.3) is 0 Å². The van der Waals surface area contributed by atoms with Gasteiger partial charge in [-0.15, -0.1) is 11.8 Å². The van der Waals surface area contributed by atoms with E-state index in [-0.39, 0.29) is 0 Å². The largest absolute Gasteiger partial charge is 0.508 e. The number of rotatable bonds is 4. The third-order valence-corrected chi connectivity index (χ3v) is 4.98. The average Bonchev–Trinajstić information content (AvgIpc) is 2.90. The molecule has 0 unspecified atom stereocenters. The van der Waals surface area contributed by atoms with E-state index in [0.717, 1.165) is 13.0 Å². The summed E-state index contributed by atoms with van der Waals surface area (Å²) in [6, 6.07) is 12.1. The highest BCUT2D eigenvalue weighted by Gasteiger charge is 2.18. The minimum Gasteiger partial charge on any atom is -0.508 e. The first-order valence-electron chi connectivity index (χ1n) is 7.32. The summed E-state index contributed by atoms with van der Waals surface area (Å²) in [5, 5.41) is 9.65. The highest BCUT2D eigenvalue weighted by Crippen LogP contribution is 2.36. The SMILES string of the molecule is CN(C)Cc1c(Cc2cccc(O)c2)ccc2c1CCS2. The summed E-state index contributed by atoms with van der Waals surface area (Å²) in [5.74, 6) is 1.55. The molecule has 1 N–H and O–H groups in total. The Labute approximate surface area is 130 Å². The number of nitrogens with zero attached hydrogens (tertiary/aromatic N) is 1. The van der Waals surface area contributed by atoms with Gasteiger partial charge >= 0.3 is 0 Å². The van der Waals surface area contributed by atoms with Crippen molar-refractivity contribution in [2.75, 3.05) is 19.8 Å². The van der Waals surface area contributed by atoms with Crippen molar-refractivity contribution in [1.82, 2.24) is 4.90 Å². The van der Waals surface area contributed by atoms with Gasteiger partial charge in [-0.1, -0.05) is 18.2 Å². The lowest BCUT2D eigenvalue weighted by Crippen LogP contribution is -2.14. The molecular formula is C18H21NOS. The van der Waals surface area contributed by atoms with Crippen molar-refractivity contribution < 1.29 is 5.11 Å². The Balaban J connectivity index is 1.97. The van der Waals surface area contributed by atoms with Crippen LogP contribution in [-0.4, -0.2) is 29.9 Å². The fourth-order valence-electron chi connectivity index (χ4n) is 2.96. The summed E-state index contributed by atoms with van der Waals surface area (Å²) in [4.78, 5) is 3.69. The summed E-state index contributed by atoms with van der Waals surface area (Å²) in [5.41, 5.74) is 5.56. The van der Waals surface area contributed by atoms with E-state index in [1.807, 2.05) is 23.9 Å². The van der Waals surface area contributed by atoms with Gasteiger partial charge in [0.2, 0.25) is 0 Å². The first-order valence-corrected chi connectivity index (χ1v) is 8.31. The molecule has 2 nitrogen and oxygen atoms in total. The number of phenols is 1. The Morgan fingerprint density at radius 3 is 2.81 bits per heavy atom. The number of fused-ring (bicyclic) bond motifs is 1. The number of thioether (sulfide) groups is 1. The van der Waals surface area contributed by atoms with E-state index in [4.69, 9.17) is 0 Å². The maximum atomic E-state index is 9.65. The van der Waals surface area contributed by atoms with Crippen LogP contribution < -0.4 is 0 Å². The van der Waals surface area contributed by atoms with Gasteiger partial charge in [0.05, 0.1) is 0 Å². The van der Waals surface area contributed by atoms with E-state index in [1.54, 1.807) is 6.07 Å². The smallest absolute Gasteiger partial charge is 0.115 e. The van der Waals surface area contributed by atoms with Gasteiger partial charge in [0, 0.05) is 17.2 Å². The summed E-state index contributed by atoms with van der Waals surface area (Å²) in [7, 11) is 4.25. The van der Waals surface area contributed by atoms with Crippen molar-refractivity contribution in [1.29, 1.82) is 0 Å². The summed E-state index contributed by atoms with van der Waals surface area (Å²) in [6.07, 6.45) is 2.06. The van der Waals surface area contributed by atoms with E-state index in [1.165, 1.54) is 39.3 Å². The van der Waals surface area contributed by atoms with Crippen molar-refractivity contribution in [2.45, 2.75) is 24.3 Å². The minimum absolute atomic E-state index is 0.346. The lowest BCUT2D eigenvalue weighted by molar-refractivity contribution is 0.399. The molecule has 21 heavy (non-hydrogen) atoms. The van der Waals surface area contributed by atoms with E-state index in [0.29, 0.717) is 5.75 Å². The molecule has 1 heterocycles. The molecule has 0 radical (unpaired) electrons. The molecule has 0 spiro atoms. The summed E-state index contributed by atoms with van der Waals surface area (Å²) >= 11 is 1.97. The Kier molecular flexibility index (Phi) is 4.22. The summed E-state index contributed by atoms with van der Waals surface area (Å²) in [6.45, 7) is 0.984. The molecule has 1 aliphatic heterocycles. The van der Waals surface area contributed by atoms with Crippen LogP contribution in [0.15, 0.2) is 41.3 Å². The molecule has 3 heteroatoms. The zero-order valence-corrected chi connectivity index (χ0v) is 13.4. The standard InChI is InChI=1S/C18H21NOS/c1-19(2)12-17-14(6-7-18-16(17)8-9-21-18)10-13-4-3-5-15(20)11-13/h3-7,11,20H,8-10,12H2,1-2H3. The number of phenolic OH excluding ortho intramolecular Hbond substituents is 1. The van der Waals surface area contributed by atoms with E-state index in [9.17, 15) is 5.11 Å². The molecule has 0 bridgehead atoms. The molecule has 3 rings (SSSR count). The zero-order valence-electron chi connectivity index (χ0n) is 12.6. The molecule has 0 atom stereocenters. The predicted octanol–water partition coefficient (Wildman–Crippen LogP) is 3.69. The van der Waals surface area contributed by atoms with Gasteiger partial charge in [-0.3, -0.25) is 0 Å². The zero-order chi connectivity index (χ0) is 14.8. The number of hydrogen-bond donors (Lipinski definition) is 1. The fraction of sp³-hybridized carbons (Fsp3) is 0.333. The van der Waals surface area contributed by atoms with Gasteiger partial charge in [-0.2, -0.15) is 0 Å². The molecule has 2 aromatic rings. The Hall–Kier alpha value is -1.45. The van der Waals surface area contributed by atoms with Crippen molar-refractivity contribution in [2.24, 2.45) is 0 Å². The molecule has 0 saturated carbocycles. The molecule has 1 aliphatic rings. The Morgan fingerprint density at radius 2 is 2.05 bits per heavy atom. The van der Waals surface area contributed by atoms with Crippen LogP contribution in [0.1, 0.15) is 22.3 Å². The molecule has 110 valence electrons. The normalized spacial score (nSPS) is 13.7. The Morgan fingerprint density at radius 1 is 1.19 bits per heavy atom. The quantitative estimate of drug-likeness (QED) is 0.931. The van der Waals surface area contributed by atoms with Crippen molar-refractivity contribution in [3.05, 3.63) is 58.7 Å². The molecule has 0 amide bonds. The molecule has 0 saturated heterocycles. The third kappa shape index (κ3) is 3.25. The fourth-order valence-corrected chi connectivity index (χ4v) is 4.05. The Bertz CT molecular complexity index is 652. The van der Waals surface area contributed by atoms with Crippen LogP contribution in [0.5, 0.6) is 5.75 Å². The van der Waals surface area contributed by atoms with Crippen LogP contribution in [0.2, 0.25) is 0 Å². The van der Waals surface area contributed by atoms with Crippen LogP contribution in [0, 0.1) is 0 Å². The lowest BCUT2D eigenvalue weighted by atomic mass is 9.94. The monoisotopic (exact) mass is 299 g/mol. The second kappa shape index (κ2) is 6.12. The maximum Gasteiger partial charge on any atom is 0.115 e. The van der Waals surface area contributed by atoms with Crippen LogP contribution in [-0.2, 0) is 19.4 Å². The highest BCUT2D eigenvalue weighted by molar-refractivity contribution is 7.99. The topological polar surface area (TPSA) is 23.5 Å². The molecule has 0 fully saturated rings. The predicted molar refractivity (Wildman–Crippen MR) is 89.2 cm³/mol. The average molecular weight is 299 g/mol. The first kappa shape index (κ1) is 14.5. The minimum atomic E-state index is 0.346. The van der Waals surface area contributed by atoms with Crippen molar-refractivity contribution >= 4 is 11.8 Å². The van der Waals surface area contributed by atoms with Crippen molar-refractivity contribution in [3.8, 4) is 5.75 Å². The van der Waals surface area contributed by atoms with Gasteiger partial charge in [0.15, 0.2) is 0 Å². The highest BCUT2D eigenvalue weighted by atomic mass is 32.2. The molecule has 0 aromatic heterocycles. The first-order chi connectivity index (χ1) is 10.1. The van der Waals surface area contributed by atoms with Gasteiger partial charge < -0.3 is 10.0 Å². The van der Waals surface area contributed by atoms with Crippen LogP contribution in [0.3, 0.4) is 0 Å². The maximum absolute atomic E-state index is 9.65. The number of aromatic hydroxyl groups is 1. The van der Waals surface area contributed by atoms with E-state index < -0.39 is 0 Å². The van der Waals surface area contributed by atoms with Crippen LogP contribution in [0.4, 0.5) is 0 Å². The van der Waals surface area contributed by atoms with Gasteiger partial charge in [-0.05, 0) is 67.4 Å². The van der Waals surface area contributed by atoms with Gasteiger partial charge in [0.25, 0.3) is 0 Å². The molecule has 0 aliphatic carbocycles. The second-order valence-corrected chi connectivity index (χ2v) is 7.00. The molecule has 2 aromatic carbocycles. The van der Waals surface area contributed by atoms with Crippen molar-refractivity contribution in [3.63, 3.8) is 0 Å². The van der Waals surface area contributed by atoms with Gasteiger partial charge in [-0.25, -0.2) is 0 Å². The third-order valence-electron chi connectivity index (χ3n) is 3.87. The number of benzene rings is 2.